The number of likely N-dealkylation sites (tertiary alicyclic amines) is 1. The second-order valence-electron chi connectivity index (χ2n) is 16.5. The largest absolute Gasteiger partial charge is 0.475 e. The Morgan fingerprint density at radius 1 is 0.759 bits per heavy atom. The first kappa shape index (κ1) is 43.8. The summed E-state index contributed by atoms with van der Waals surface area (Å²) in [5.41, 5.74) is 0. The van der Waals surface area contributed by atoms with Gasteiger partial charge in [-0.2, -0.15) is 0 Å². The molecule has 2 spiro atoms. The number of ether oxygens (including phenoxy) is 2. The molecule has 6 N–H and O–H groups in total. The zero-order valence-electron chi connectivity index (χ0n) is 33.1. The predicted molar refractivity (Wildman–Crippen MR) is 201 cm³/mol. The van der Waals surface area contributed by atoms with E-state index in [0.29, 0.717) is 45.6 Å². The number of esters is 2. The molecule has 0 aliphatic carbocycles. The van der Waals surface area contributed by atoms with Crippen LogP contribution in [-0.4, -0.2) is 230 Å². The van der Waals surface area contributed by atoms with Crippen molar-refractivity contribution in [1.82, 2.24) is 45.8 Å². The molecule has 6 fully saturated rings. The van der Waals surface area contributed by atoms with E-state index in [2.05, 4.69) is 21.3 Å². The van der Waals surface area contributed by atoms with Gasteiger partial charge in [0, 0.05) is 6.54 Å². The van der Waals surface area contributed by atoms with Crippen LogP contribution >= 0.6 is 0 Å². The zero-order valence-corrected chi connectivity index (χ0v) is 35.5. The molecule has 22 nitrogen and oxygen atoms in total. The third-order valence-corrected chi connectivity index (χ3v) is 18.6. The number of carbonyl (C=O) groups is 8. The molecule has 6 aliphatic heterocycles. The Morgan fingerprint density at radius 3 is 1.91 bits per heavy atom. The quantitative estimate of drug-likeness (QED) is 0.0786. The molecule has 0 saturated carbocycles. The van der Waals surface area contributed by atoms with Crippen LogP contribution in [0.1, 0.15) is 33.6 Å². The number of hydrogen-bond acceptors (Lipinski definition) is 17. The van der Waals surface area contributed by atoms with Crippen LogP contribution in [0.2, 0.25) is 0 Å². The van der Waals surface area contributed by atoms with Crippen LogP contribution in [0.5, 0.6) is 0 Å². The van der Waals surface area contributed by atoms with Gasteiger partial charge in [-0.25, -0.2) is 0 Å². The van der Waals surface area contributed by atoms with Gasteiger partial charge in [-0.1, -0.05) is 13.8 Å². The number of nitrogens with one attached hydrogen (secondary N) is 4. The molecule has 8 atom stereocenters. The normalized spacial score (nSPS) is 30.6. The summed E-state index contributed by atoms with van der Waals surface area (Å²) < 4.78 is 16.1. The number of carbonyl (C=O) groups excluding carboxylic acids is 8. The van der Waals surface area contributed by atoms with E-state index in [1.807, 2.05) is 14.7 Å². The van der Waals surface area contributed by atoms with Crippen molar-refractivity contribution in [3.8, 4) is 0 Å². The van der Waals surface area contributed by atoms with E-state index in [9.17, 15) is 48.4 Å². The monoisotopic (exact) mass is 875 g/mol. The summed E-state index contributed by atoms with van der Waals surface area (Å²) in [4.78, 5) is 113. The van der Waals surface area contributed by atoms with Gasteiger partial charge in [0.1, 0.15) is 12.1 Å². The average molecular weight is 876 g/mol. The second kappa shape index (κ2) is 18.2. The molecule has 6 saturated heterocycles. The minimum absolute atomic E-state index is 0.00899. The van der Waals surface area contributed by atoms with Crippen molar-refractivity contribution in [2.45, 2.75) is 59.9 Å². The fourth-order valence-corrected chi connectivity index (χ4v) is 17.1. The van der Waals surface area contributed by atoms with Gasteiger partial charge in [0.2, 0.25) is 11.8 Å². The van der Waals surface area contributed by atoms with Crippen molar-refractivity contribution < 1.29 is 61.4 Å². The first-order chi connectivity index (χ1) is 27.5. The smallest absolute Gasteiger partial charge is 0.426 e. The summed E-state index contributed by atoms with van der Waals surface area (Å²) in [5.74, 6) is -5.62. The third kappa shape index (κ3) is 10.1. The summed E-state index contributed by atoms with van der Waals surface area (Å²) in [7, 11) is -1.71. The number of fused-ring (bicyclic) bond motifs is 3. The van der Waals surface area contributed by atoms with Crippen molar-refractivity contribution in [3.05, 3.63) is 0 Å². The molecule has 5 unspecified atom stereocenters. The van der Waals surface area contributed by atoms with Gasteiger partial charge < -0.3 is 20.3 Å². The molecule has 0 aromatic carbocycles. The summed E-state index contributed by atoms with van der Waals surface area (Å²) >= 11 is -3.87. The maximum Gasteiger partial charge on any atom is 0.475 e. The van der Waals surface area contributed by atoms with Gasteiger partial charge in [0.05, 0.1) is 5.94 Å². The summed E-state index contributed by atoms with van der Waals surface area (Å²) in [6, 6.07) is -2.06. The van der Waals surface area contributed by atoms with Gasteiger partial charge in [-0.3, -0.25) is 9.59 Å². The van der Waals surface area contributed by atoms with E-state index >= 15 is 0 Å². The number of rotatable bonds is 12. The van der Waals surface area contributed by atoms with Crippen molar-refractivity contribution in [1.29, 1.82) is 0 Å². The molecule has 6 bridgehead atoms. The average Bonchev–Trinajstić information content (AvgIpc) is 3.61. The minimum atomic E-state index is -3.87. The van der Waals surface area contributed by atoms with E-state index in [0.717, 1.165) is 0 Å². The van der Waals surface area contributed by atoms with E-state index in [1.165, 1.54) is 11.8 Å². The van der Waals surface area contributed by atoms with E-state index in [-0.39, 0.29) is 52.4 Å². The molecule has 58 heavy (non-hydrogen) atoms. The molecule has 0 radical (unpaired) electrons. The first-order valence-corrected chi connectivity index (χ1v) is 23.2. The molecular formula is C34H53BGaN9O13. The van der Waals surface area contributed by atoms with Gasteiger partial charge in [-0.15, -0.1) is 0 Å². The van der Waals surface area contributed by atoms with E-state index < -0.39 is 116 Å². The second-order valence-corrected chi connectivity index (χ2v) is 23.0. The molecule has 0 aromatic heterocycles. The van der Waals surface area contributed by atoms with Crippen LogP contribution in [0.4, 0.5) is 0 Å². The van der Waals surface area contributed by atoms with Gasteiger partial charge in [-0.05, 0) is 25.7 Å². The van der Waals surface area contributed by atoms with Crippen molar-refractivity contribution in [3.63, 3.8) is 0 Å². The van der Waals surface area contributed by atoms with Gasteiger partial charge in [0.15, 0.2) is 0 Å². The number of amides is 5. The molecular weight excluding hydrogens is 823 g/mol. The third-order valence-electron chi connectivity index (χ3n) is 11.5. The van der Waals surface area contributed by atoms with Crippen molar-refractivity contribution in [2.75, 3.05) is 98.2 Å². The van der Waals surface area contributed by atoms with Gasteiger partial charge >= 0.3 is 237 Å². The van der Waals surface area contributed by atoms with E-state index in [4.69, 9.17) is 13.0 Å². The number of nitrogens with zero attached hydrogens (tertiary/aromatic N) is 5. The molecule has 318 valence electrons. The Kier molecular flexibility index (Phi) is 13.8. The first-order valence-electron chi connectivity index (χ1n) is 19.8. The Balaban J connectivity index is 1.03. The van der Waals surface area contributed by atoms with Crippen LogP contribution < -0.4 is 21.3 Å². The SMILES string of the molecule is CC(C)[C@H](NC(=O)CNC(=O)CNC(=O)CN1CCN2CC(=O)O[C]3(CN4CCN5CC(=O)O[C](C1)(C5)[Ga]3[O]C(=O)C4)C2)C(=O)N[C@H](C)C(=O)N1CCC[C@H]1B(O)O. The fraction of sp³-hybridized carbons (Fsp3) is 0.765. The Hall–Kier alpha value is -3.78. The predicted octanol–water partition coefficient (Wildman–Crippen LogP) is -6.68. The van der Waals surface area contributed by atoms with Crippen LogP contribution in [0.15, 0.2) is 0 Å². The van der Waals surface area contributed by atoms with Crippen LogP contribution in [0, 0.1) is 5.92 Å². The fourth-order valence-electron chi connectivity index (χ4n) is 8.96. The van der Waals surface area contributed by atoms with Gasteiger partial charge in [0.25, 0.3) is 0 Å². The molecule has 6 heterocycles. The van der Waals surface area contributed by atoms with Crippen molar-refractivity contribution >= 4 is 71.1 Å². The summed E-state index contributed by atoms with van der Waals surface area (Å²) in [6.07, 6.45) is 1.01. The van der Waals surface area contributed by atoms with Crippen LogP contribution in [0.25, 0.3) is 0 Å². The van der Waals surface area contributed by atoms with Crippen LogP contribution in [-0.2, 0) is 51.4 Å². The molecule has 6 rings (SSSR count). The molecule has 24 heteroatoms. The molecule has 0 aromatic rings. The van der Waals surface area contributed by atoms with E-state index in [1.54, 1.807) is 18.7 Å². The standard InChI is InChI=1S/C34H54BN9O13.Ga/c1-21(2)32(33(52)38-22(3)34(53)44-6-4-5-25(44)35(54)55)39-27(46)12-36-26(45)11-37-28(47)17-40-7-9-42-16-24(57-31(51)19-42)14-41(18-29(48)49)8-10-43-15-23(13-40)56-30(50)20-43;/h21-22,25,32,54-55H,4-20H2,1-3H3,(H,36,45)(H,37,47)(H,38,52)(H,39,46)(H,48,49);/q;+1/p-1/t22-,25+,32+;/m1./s1. The Labute approximate surface area is 341 Å². The van der Waals surface area contributed by atoms with Crippen LogP contribution in [0.3, 0.4) is 0 Å². The zero-order chi connectivity index (χ0) is 41.9. The maximum atomic E-state index is 13.3. The van der Waals surface area contributed by atoms with Crippen molar-refractivity contribution in [2.24, 2.45) is 5.92 Å². The molecule has 5 amide bonds. The Morgan fingerprint density at radius 2 is 1.31 bits per heavy atom. The topological polar surface area (TPSA) is 269 Å². The number of morpholine rings is 2. The molecule has 6 aliphatic rings. The minimum Gasteiger partial charge on any atom is -0.426 e. The summed E-state index contributed by atoms with van der Waals surface area (Å²) in [6.45, 7) is 6.50. The Bertz CT molecular complexity index is 1660. The summed E-state index contributed by atoms with van der Waals surface area (Å²) in [5, 5.41) is 29.4. The number of hydrogen-bond donors (Lipinski definition) is 6. The maximum absolute atomic E-state index is 13.3.